The second-order valence-electron chi connectivity index (χ2n) is 5.33. The lowest BCUT2D eigenvalue weighted by molar-refractivity contribution is -0.134. The van der Waals surface area contributed by atoms with E-state index in [0.29, 0.717) is 6.42 Å². The fraction of sp³-hybridized carbons (Fsp3) is 0.900. The monoisotopic (exact) mass is 185 g/mol. The Kier molecular flexibility index (Phi) is 2.41. The second kappa shape index (κ2) is 2.98. The Balaban J connectivity index is 2.84. The van der Waals surface area contributed by atoms with Crippen molar-refractivity contribution in [3.63, 3.8) is 0 Å². The van der Waals surface area contributed by atoms with Gasteiger partial charge in [0, 0.05) is 5.41 Å². The predicted molar refractivity (Wildman–Crippen MR) is 50.9 cm³/mol. The quantitative estimate of drug-likeness (QED) is 0.641. The van der Waals surface area contributed by atoms with E-state index in [1.165, 1.54) is 0 Å². The van der Waals surface area contributed by atoms with Gasteiger partial charge in [0.05, 0.1) is 6.10 Å². The predicted octanol–water partition coefficient (Wildman–Crippen LogP) is 1.05. The number of aliphatic hydroxyl groups is 1. The minimum Gasteiger partial charge on any atom is -0.393 e. The van der Waals surface area contributed by atoms with E-state index in [1.54, 1.807) is 0 Å². The van der Waals surface area contributed by atoms with Crippen molar-refractivity contribution in [2.24, 2.45) is 16.6 Å². The maximum Gasteiger partial charge on any atom is 0.223 e. The van der Waals surface area contributed by atoms with Crippen molar-refractivity contribution in [3.05, 3.63) is 0 Å². The van der Waals surface area contributed by atoms with Crippen LogP contribution in [-0.2, 0) is 4.79 Å². The van der Waals surface area contributed by atoms with Crippen LogP contribution in [0.2, 0.25) is 0 Å². The van der Waals surface area contributed by atoms with Crippen LogP contribution in [0.3, 0.4) is 0 Å². The molecule has 2 atom stereocenters. The van der Waals surface area contributed by atoms with Gasteiger partial charge in [0.25, 0.3) is 0 Å². The minimum absolute atomic E-state index is 0.0153. The van der Waals surface area contributed by atoms with E-state index in [0.717, 1.165) is 12.8 Å². The zero-order valence-corrected chi connectivity index (χ0v) is 8.63. The molecule has 1 aliphatic carbocycles. The summed E-state index contributed by atoms with van der Waals surface area (Å²) in [6, 6.07) is 0. The van der Waals surface area contributed by atoms with E-state index < -0.39 is 5.41 Å². The van der Waals surface area contributed by atoms with E-state index in [-0.39, 0.29) is 17.4 Å². The first kappa shape index (κ1) is 10.5. The lowest BCUT2D eigenvalue weighted by Crippen LogP contribution is -2.45. The molecule has 1 amide bonds. The van der Waals surface area contributed by atoms with Gasteiger partial charge in [-0.15, -0.1) is 0 Å². The summed E-state index contributed by atoms with van der Waals surface area (Å²) in [4.78, 5) is 11.2. The molecule has 1 saturated carbocycles. The molecule has 0 saturated heterocycles. The molecule has 1 fully saturated rings. The van der Waals surface area contributed by atoms with Crippen molar-refractivity contribution in [3.8, 4) is 0 Å². The number of carbonyl (C=O) groups is 1. The first-order valence-corrected chi connectivity index (χ1v) is 4.73. The third-order valence-corrected chi connectivity index (χ3v) is 2.94. The summed E-state index contributed by atoms with van der Waals surface area (Å²) in [5, 5.41) is 9.62. The highest BCUT2D eigenvalue weighted by atomic mass is 16.3. The largest absolute Gasteiger partial charge is 0.393 e. The first-order chi connectivity index (χ1) is 5.75. The van der Waals surface area contributed by atoms with Crippen LogP contribution in [0.1, 0.15) is 40.0 Å². The number of nitrogens with two attached hydrogens (primary N) is 1. The molecule has 0 aliphatic heterocycles. The molecule has 13 heavy (non-hydrogen) atoms. The molecule has 3 heteroatoms. The Morgan fingerprint density at radius 3 is 2.31 bits per heavy atom. The summed E-state index contributed by atoms with van der Waals surface area (Å²) in [5.74, 6) is -0.292. The van der Waals surface area contributed by atoms with Gasteiger partial charge in [0.1, 0.15) is 0 Å². The van der Waals surface area contributed by atoms with Gasteiger partial charge in [0.15, 0.2) is 0 Å². The molecule has 0 heterocycles. The van der Waals surface area contributed by atoms with Gasteiger partial charge >= 0.3 is 0 Å². The third-order valence-electron chi connectivity index (χ3n) is 2.94. The fourth-order valence-corrected chi connectivity index (χ4v) is 2.62. The molecule has 0 aromatic rings. The molecule has 0 radical (unpaired) electrons. The number of amides is 1. The van der Waals surface area contributed by atoms with Crippen LogP contribution >= 0.6 is 0 Å². The van der Waals surface area contributed by atoms with Crippen molar-refractivity contribution >= 4 is 5.91 Å². The molecule has 0 aromatic heterocycles. The summed E-state index contributed by atoms with van der Waals surface area (Å²) in [7, 11) is 0. The topological polar surface area (TPSA) is 63.3 Å². The van der Waals surface area contributed by atoms with Crippen LogP contribution in [-0.4, -0.2) is 17.1 Å². The van der Waals surface area contributed by atoms with Crippen molar-refractivity contribution in [2.75, 3.05) is 0 Å². The average molecular weight is 185 g/mol. The van der Waals surface area contributed by atoms with Crippen molar-refractivity contribution in [1.82, 2.24) is 0 Å². The van der Waals surface area contributed by atoms with E-state index in [2.05, 4.69) is 13.8 Å². The van der Waals surface area contributed by atoms with Crippen molar-refractivity contribution in [2.45, 2.75) is 46.1 Å². The molecule has 76 valence electrons. The Bertz CT molecular complexity index is 225. The van der Waals surface area contributed by atoms with Crippen molar-refractivity contribution in [1.29, 1.82) is 0 Å². The molecular weight excluding hydrogens is 166 g/mol. The van der Waals surface area contributed by atoms with Gasteiger partial charge in [-0.05, 0) is 24.7 Å². The third kappa shape index (κ3) is 2.21. The van der Waals surface area contributed by atoms with Crippen LogP contribution in [0.5, 0.6) is 0 Å². The minimum atomic E-state index is -0.527. The lowest BCUT2D eigenvalue weighted by atomic mass is 9.63. The summed E-state index contributed by atoms with van der Waals surface area (Å²) in [5.41, 5.74) is 4.82. The van der Waals surface area contributed by atoms with Gasteiger partial charge in [-0.2, -0.15) is 0 Å². The highest BCUT2D eigenvalue weighted by Gasteiger charge is 2.44. The van der Waals surface area contributed by atoms with Crippen LogP contribution in [0.4, 0.5) is 0 Å². The van der Waals surface area contributed by atoms with Crippen LogP contribution < -0.4 is 5.73 Å². The zero-order chi connectivity index (χ0) is 10.3. The van der Waals surface area contributed by atoms with Gasteiger partial charge in [-0.3, -0.25) is 4.79 Å². The van der Waals surface area contributed by atoms with E-state index in [9.17, 15) is 9.90 Å². The zero-order valence-electron chi connectivity index (χ0n) is 8.63. The highest BCUT2D eigenvalue weighted by molar-refractivity contribution is 5.80. The fourth-order valence-electron chi connectivity index (χ4n) is 2.62. The lowest BCUT2D eigenvalue weighted by Gasteiger charge is -2.43. The van der Waals surface area contributed by atoms with E-state index in [4.69, 9.17) is 5.73 Å². The normalized spacial score (nSPS) is 38.6. The Labute approximate surface area is 79.3 Å². The van der Waals surface area contributed by atoms with Crippen molar-refractivity contribution < 1.29 is 9.90 Å². The SMILES string of the molecule is CC1(C)CC(O)CC(C)(C(N)=O)C1. The molecule has 1 aliphatic rings. The van der Waals surface area contributed by atoms with Crippen LogP contribution in [0.25, 0.3) is 0 Å². The number of hydrogen-bond acceptors (Lipinski definition) is 2. The maximum atomic E-state index is 11.2. The number of hydrogen-bond donors (Lipinski definition) is 2. The molecule has 0 spiro atoms. The standard InChI is InChI=1S/C10H19NO2/c1-9(2)4-7(12)5-10(3,6-9)8(11)13/h7,12H,4-6H2,1-3H3,(H2,11,13). The molecule has 2 unspecified atom stereocenters. The molecule has 1 rings (SSSR count). The highest BCUT2D eigenvalue weighted by Crippen LogP contribution is 2.45. The number of rotatable bonds is 1. The Morgan fingerprint density at radius 2 is 1.92 bits per heavy atom. The molecule has 3 N–H and O–H groups in total. The molecular formula is C10H19NO2. The summed E-state index contributed by atoms with van der Waals surface area (Å²) in [6.45, 7) is 5.98. The maximum absolute atomic E-state index is 11.2. The average Bonchev–Trinajstić information content (AvgIpc) is 1.79. The smallest absolute Gasteiger partial charge is 0.223 e. The van der Waals surface area contributed by atoms with E-state index in [1.807, 2.05) is 6.92 Å². The second-order valence-corrected chi connectivity index (χ2v) is 5.33. The van der Waals surface area contributed by atoms with Gasteiger partial charge in [-0.1, -0.05) is 20.8 Å². The molecule has 3 nitrogen and oxygen atoms in total. The van der Waals surface area contributed by atoms with Crippen LogP contribution in [0.15, 0.2) is 0 Å². The van der Waals surface area contributed by atoms with Gasteiger partial charge in [-0.25, -0.2) is 0 Å². The van der Waals surface area contributed by atoms with Gasteiger partial charge in [0.2, 0.25) is 5.91 Å². The van der Waals surface area contributed by atoms with E-state index >= 15 is 0 Å². The summed E-state index contributed by atoms with van der Waals surface area (Å²) >= 11 is 0. The first-order valence-electron chi connectivity index (χ1n) is 4.73. The number of carbonyl (C=O) groups excluding carboxylic acids is 1. The summed E-state index contributed by atoms with van der Waals surface area (Å²) in [6.07, 6.45) is 1.65. The molecule has 0 bridgehead atoms. The van der Waals surface area contributed by atoms with Gasteiger partial charge < -0.3 is 10.8 Å². The molecule has 0 aromatic carbocycles. The van der Waals surface area contributed by atoms with Crippen LogP contribution in [0, 0.1) is 10.8 Å². The number of aliphatic hydroxyl groups excluding tert-OH is 1. The Hall–Kier alpha value is -0.570. The Morgan fingerprint density at radius 1 is 1.38 bits per heavy atom. The number of primary amides is 1. The summed E-state index contributed by atoms with van der Waals surface area (Å²) < 4.78 is 0.